The van der Waals surface area contributed by atoms with Crippen LogP contribution in [0.5, 0.6) is 5.75 Å². The van der Waals surface area contributed by atoms with Gasteiger partial charge >= 0.3 is 0 Å². The van der Waals surface area contributed by atoms with E-state index in [9.17, 15) is 4.39 Å². The van der Waals surface area contributed by atoms with E-state index in [0.29, 0.717) is 40.9 Å². The first-order chi connectivity index (χ1) is 13.6. The lowest BCUT2D eigenvalue weighted by Crippen LogP contribution is -2.04. The van der Waals surface area contributed by atoms with E-state index in [-0.39, 0.29) is 5.82 Å². The summed E-state index contributed by atoms with van der Waals surface area (Å²) in [6.45, 7) is 0.332. The first kappa shape index (κ1) is 18.2. The van der Waals surface area contributed by atoms with E-state index in [1.165, 1.54) is 19.4 Å². The summed E-state index contributed by atoms with van der Waals surface area (Å²) < 4.78 is 19.0. The van der Waals surface area contributed by atoms with Gasteiger partial charge in [0, 0.05) is 42.6 Å². The average Bonchev–Trinajstić information content (AvgIpc) is 3.10. The Balaban J connectivity index is 1.43. The van der Waals surface area contributed by atoms with E-state index in [4.69, 9.17) is 16.3 Å². The molecule has 0 atom stereocenters. The summed E-state index contributed by atoms with van der Waals surface area (Å²) in [7, 11) is 1.51. The van der Waals surface area contributed by atoms with Crippen LogP contribution >= 0.6 is 11.6 Å². The second-order valence-corrected chi connectivity index (χ2v) is 6.63. The first-order valence-electron chi connectivity index (χ1n) is 8.62. The van der Waals surface area contributed by atoms with Crippen molar-refractivity contribution in [3.63, 3.8) is 0 Å². The molecule has 8 heteroatoms. The number of halogens is 2. The van der Waals surface area contributed by atoms with E-state index in [1.807, 2.05) is 18.3 Å². The number of aromatic amines is 1. The van der Waals surface area contributed by atoms with Gasteiger partial charge in [0.15, 0.2) is 5.65 Å². The van der Waals surface area contributed by atoms with Gasteiger partial charge in [-0.1, -0.05) is 23.7 Å². The minimum absolute atomic E-state index is 0.317. The zero-order valence-corrected chi connectivity index (χ0v) is 15.8. The van der Waals surface area contributed by atoms with Crippen molar-refractivity contribution >= 4 is 28.6 Å². The van der Waals surface area contributed by atoms with Gasteiger partial charge in [0.1, 0.15) is 28.1 Å². The topological polar surface area (TPSA) is 75.7 Å². The van der Waals surface area contributed by atoms with Gasteiger partial charge in [0.05, 0.1) is 13.3 Å². The molecule has 4 rings (SSSR count). The highest BCUT2D eigenvalue weighted by Gasteiger charge is 2.09. The molecule has 0 bridgehead atoms. The van der Waals surface area contributed by atoms with E-state index in [2.05, 4.69) is 25.3 Å². The van der Waals surface area contributed by atoms with Gasteiger partial charge in [-0.15, -0.1) is 0 Å². The molecule has 4 aromatic rings. The van der Waals surface area contributed by atoms with Crippen molar-refractivity contribution in [2.24, 2.45) is 0 Å². The van der Waals surface area contributed by atoms with Crippen LogP contribution in [0.3, 0.4) is 0 Å². The number of nitrogens with zero attached hydrogens (tertiary/aromatic N) is 3. The molecule has 2 N–H and O–H groups in total. The lowest BCUT2D eigenvalue weighted by Gasteiger charge is -2.09. The molecule has 142 valence electrons. The SMILES string of the molecule is COc1ccc(CNc2ccc(Cc3c[nH]c4ncc(Cl)nc34)cn2)c(F)c1. The van der Waals surface area contributed by atoms with E-state index < -0.39 is 0 Å². The minimum atomic E-state index is -0.317. The Hall–Kier alpha value is -3.19. The lowest BCUT2D eigenvalue weighted by atomic mass is 10.1. The lowest BCUT2D eigenvalue weighted by molar-refractivity contribution is 0.411. The summed E-state index contributed by atoms with van der Waals surface area (Å²) in [5.41, 5.74) is 4.01. The molecule has 0 saturated carbocycles. The highest BCUT2D eigenvalue weighted by Crippen LogP contribution is 2.20. The molecule has 0 fully saturated rings. The molecule has 0 amide bonds. The van der Waals surface area contributed by atoms with Crippen molar-refractivity contribution in [2.75, 3.05) is 12.4 Å². The molecule has 3 aromatic heterocycles. The maximum Gasteiger partial charge on any atom is 0.156 e. The third-order valence-electron chi connectivity index (χ3n) is 4.37. The maximum absolute atomic E-state index is 14.0. The van der Waals surface area contributed by atoms with Crippen LogP contribution in [-0.4, -0.2) is 27.0 Å². The molecule has 0 aliphatic rings. The number of H-pyrrole nitrogens is 1. The van der Waals surface area contributed by atoms with Crippen LogP contribution in [0.25, 0.3) is 11.2 Å². The zero-order chi connectivity index (χ0) is 19.5. The van der Waals surface area contributed by atoms with E-state index in [0.717, 1.165) is 16.6 Å². The van der Waals surface area contributed by atoms with Crippen molar-refractivity contribution in [2.45, 2.75) is 13.0 Å². The second-order valence-electron chi connectivity index (χ2n) is 6.24. The quantitative estimate of drug-likeness (QED) is 0.505. The molecule has 0 aliphatic heterocycles. The van der Waals surface area contributed by atoms with Crippen molar-refractivity contribution in [3.8, 4) is 5.75 Å². The zero-order valence-electron chi connectivity index (χ0n) is 15.0. The third-order valence-corrected chi connectivity index (χ3v) is 4.55. The van der Waals surface area contributed by atoms with Crippen molar-refractivity contribution < 1.29 is 9.13 Å². The Morgan fingerprint density at radius 1 is 1.14 bits per heavy atom. The van der Waals surface area contributed by atoms with Crippen LogP contribution < -0.4 is 10.1 Å². The molecule has 28 heavy (non-hydrogen) atoms. The molecule has 3 heterocycles. The molecule has 0 aliphatic carbocycles. The monoisotopic (exact) mass is 397 g/mol. The van der Waals surface area contributed by atoms with Gasteiger partial charge in [0.25, 0.3) is 0 Å². The summed E-state index contributed by atoms with van der Waals surface area (Å²) in [6.07, 6.45) is 5.82. The number of methoxy groups -OCH3 is 1. The first-order valence-corrected chi connectivity index (χ1v) is 9.00. The fourth-order valence-corrected chi connectivity index (χ4v) is 3.03. The Labute approximate surface area is 165 Å². The minimum Gasteiger partial charge on any atom is -0.497 e. The Bertz CT molecular complexity index is 1110. The standard InChI is InChI=1S/C20H17ClFN5O/c1-28-15-4-3-13(16(22)7-15)9-24-18-5-2-12(8-23-18)6-14-10-25-20-19(14)27-17(21)11-26-20/h2-5,7-8,10-11H,6,9H2,1H3,(H,23,24)(H,25,26). The predicted octanol–water partition coefficient (Wildman–Crippen LogP) is 4.36. The highest BCUT2D eigenvalue weighted by atomic mass is 35.5. The van der Waals surface area contributed by atoms with Gasteiger partial charge in [0.2, 0.25) is 0 Å². The number of fused-ring (bicyclic) bond motifs is 1. The number of ether oxygens (including phenoxy) is 1. The maximum atomic E-state index is 14.0. The van der Waals surface area contributed by atoms with Crippen molar-refractivity contribution in [1.29, 1.82) is 0 Å². The molecular formula is C20H17ClFN5O. The Kier molecular flexibility index (Phi) is 5.08. The number of hydrogen-bond acceptors (Lipinski definition) is 5. The molecule has 0 unspecified atom stereocenters. The molecule has 0 spiro atoms. The number of nitrogens with one attached hydrogen (secondary N) is 2. The summed E-state index contributed by atoms with van der Waals surface area (Å²) >= 11 is 5.94. The largest absolute Gasteiger partial charge is 0.497 e. The average molecular weight is 398 g/mol. The number of aromatic nitrogens is 4. The fourth-order valence-electron chi connectivity index (χ4n) is 2.89. The van der Waals surface area contributed by atoms with Gasteiger partial charge in [-0.3, -0.25) is 0 Å². The van der Waals surface area contributed by atoms with Crippen molar-refractivity contribution in [3.05, 3.63) is 76.6 Å². The summed E-state index contributed by atoms with van der Waals surface area (Å²) in [5.74, 6) is 0.843. The van der Waals surface area contributed by atoms with Crippen LogP contribution in [-0.2, 0) is 13.0 Å². The Morgan fingerprint density at radius 3 is 2.79 bits per heavy atom. The third kappa shape index (κ3) is 3.89. The van der Waals surface area contributed by atoms with E-state index in [1.54, 1.807) is 18.3 Å². The van der Waals surface area contributed by atoms with Crippen LogP contribution in [0.15, 0.2) is 48.9 Å². The normalized spacial score (nSPS) is 11.0. The number of pyridine rings is 1. The number of rotatable bonds is 6. The molecule has 1 aromatic carbocycles. The fraction of sp³-hybridized carbons (Fsp3) is 0.150. The Morgan fingerprint density at radius 2 is 2.04 bits per heavy atom. The number of benzene rings is 1. The molecule has 6 nitrogen and oxygen atoms in total. The highest BCUT2D eigenvalue weighted by molar-refractivity contribution is 6.29. The number of hydrogen-bond donors (Lipinski definition) is 2. The van der Waals surface area contributed by atoms with Crippen LogP contribution in [0.2, 0.25) is 5.15 Å². The molecule has 0 saturated heterocycles. The summed E-state index contributed by atoms with van der Waals surface area (Å²) in [6, 6.07) is 8.62. The molecular weight excluding hydrogens is 381 g/mol. The second kappa shape index (κ2) is 7.82. The van der Waals surface area contributed by atoms with Gasteiger partial charge in [-0.2, -0.15) is 0 Å². The molecule has 0 radical (unpaired) electrons. The smallest absolute Gasteiger partial charge is 0.156 e. The van der Waals surface area contributed by atoms with Crippen LogP contribution in [0.1, 0.15) is 16.7 Å². The van der Waals surface area contributed by atoms with Gasteiger partial charge < -0.3 is 15.0 Å². The van der Waals surface area contributed by atoms with Crippen molar-refractivity contribution in [1.82, 2.24) is 19.9 Å². The van der Waals surface area contributed by atoms with Crippen LogP contribution in [0.4, 0.5) is 10.2 Å². The van der Waals surface area contributed by atoms with Gasteiger partial charge in [-0.25, -0.2) is 19.3 Å². The number of anilines is 1. The van der Waals surface area contributed by atoms with Crippen LogP contribution in [0, 0.1) is 5.82 Å². The van der Waals surface area contributed by atoms with Gasteiger partial charge in [-0.05, 0) is 17.7 Å². The predicted molar refractivity (Wildman–Crippen MR) is 106 cm³/mol. The van der Waals surface area contributed by atoms with E-state index >= 15 is 0 Å². The summed E-state index contributed by atoms with van der Waals surface area (Å²) in [4.78, 5) is 16.0. The summed E-state index contributed by atoms with van der Waals surface area (Å²) in [5, 5.41) is 3.48.